The molecule has 2 heterocycles. The molecule has 0 amide bonds. The molecule has 1 aliphatic rings. The fourth-order valence-electron chi connectivity index (χ4n) is 2.53. The van der Waals surface area contributed by atoms with Crippen LogP contribution in [0.4, 0.5) is 6.01 Å². The van der Waals surface area contributed by atoms with Gasteiger partial charge >= 0.3 is 6.01 Å². The predicted octanol–water partition coefficient (Wildman–Crippen LogP) is 0.661. The number of aliphatic hydroxyl groups is 1. The number of rotatable bonds is 3. The van der Waals surface area contributed by atoms with Crippen LogP contribution < -0.4 is 4.90 Å². The number of hydrogen-bond acceptors (Lipinski definition) is 6. The standard InChI is InChI=1S/C12H22N4O2/c1-10-13-14-11(18-10)16-7-4-5-12(17,6-8-16)9-15(2)3/h17H,4-9H2,1-3H3/t12-/m0/s1. The van der Waals surface area contributed by atoms with E-state index in [4.69, 9.17) is 4.42 Å². The summed E-state index contributed by atoms with van der Waals surface area (Å²) in [4.78, 5) is 4.10. The maximum atomic E-state index is 10.6. The molecule has 0 bridgehead atoms. The van der Waals surface area contributed by atoms with Gasteiger partial charge < -0.3 is 19.3 Å². The van der Waals surface area contributed by atoms with Crippen molar-refractivity contribution >= 4 is 6.01 Å². The molecule has 1 aliphatic heterocycles. The van der Waals surface area contributed by atoms with Crippen molar-refractivity contribution < 1.29 is 9.52 Å². The maximum Gasteiger partial charge on any atom is 0.318 e. The summed E-state index contributed by atoms with van der Waals surface area (Å²) in [6.07, 6.45) is 2.48. The van der Waals surface area contributed by atoms with E-state index in [0.29, 0.717) is 18.5 Å². The highest BCUT2D eigenvalue weighted by atomic mass is 16.4. The lowest BCUT2D eigenvalue weighted by molar-refractivity contribution is 0.00534. The van der Waals surface area contributed by atoms with Crippen LogP contribution >= 0.6 is 0 Å². The van der Waals surface area contributed by atoms with Gasteiger partial charge in [-0.25, -0.2) is 0 Å². The first-order chi connectivity index (χ1) is 8.48. The van der Waals surface area contributed by atoms with Crippen molar-refractivity contribution in [2.24, 2.45) is 0 Å². The number of hydrogen-bond donors (Lipinski definition) is 1. The minimum atomic E-state index is -0.604. The topological polar surface area (TPSA) is 65.6 Å². The van der Waals surface area contributed by atoms with Crippen LogP contribution in [0.2, 0.25) is 0 Å². The van der Waals surface area contributed by atoms with Crippen molar-refractivity contribution in [1.82, 2.24) is 15.1 Å². The van der Waals surface area contributed by atoms with Gasteiger partial charge in [-0.05, 0) is 33.4 Å². The molecule has 1 fully saturated rings. The lowest BCUT2D eigenvalue weighted by Crippen LogP contribution is -2.41. The summed E-state index contributed by atoms with van der Waals surface area (Å²) >= 11 is 0. The Labute approximate surface area is 108 Å². The first-order valence-electron chi connectivity index (χ1n) is 6.41. The Balaban J connectivity index is 2.00. The molecule has 0 radical (unpaired) electrons. The van der Waals surface area contributed by atoms with Crippen LogP contribution in [0.25, 0.3) is 0 Å². The largest absolute Gasteiger partial charge is 0.408 e. The summed E-state index contributed by atoms with van der Waals surface area (Å²) in [6.45, 7) is 4.10. The molecule has 1 N–H and O–H groups in total. The van der Waals surface area contributed by atoms with E-state index < -0.39 is 5.60 Å². The molecular formula is C12H22N4O2. The molecule has 6 nitrogen and oxygen atoms in total. The molecule has 1 aromatic heterocycles. The zero-order valence-electron chi connectivity index (χ0n) is 11.4. The van der Waals surface area contributed by atoms with Gasteiger partial charge in [-0.15, -0.1) is 5.10 Å². The SMILES string of the molecule is Cc1nnc(N2CCC[C@@](O)(CN(C)C)CC2)o1. The van der Waals surface area contributed by atoms with Crippen LogP contribution in [-0.4, -0.2) is 59.5 Å². The molecule has 1 saturated heterocycles. The van der Waals surface area contributed by atoms with E-state index in [9.17, 15) is 5.11 Å². The number of aromatic nitrogens is 2. The van der Waals surface area contributed by atoms with Crippen molar-refractivity contribution in [1.29, 1.82) is 0 Å². The fourth-order valence-corrected chi connectivity index (χ4v) is 2.53. The average Bonchev–Trinajstić information content (AvgIpc) is 2.59. The molecule has 2 rings (SSSR count). The molecule has 1 atom stereocenters. The Bertz CT molecular complexity index is 393. The third-order valence-electron chi connectivity index (χ3n) is 3.31. The summed E-state index contributed by atoms with van der Waals surface area (Å²) in [5.74, 6) is 0.581. The molecule has 18 heavy (non-hydrogen) atoms. The normalized spacial score (nSPS) is 25.5. The van der Waals surface area contributed by atoms with Gasteiger partial charge in [0.25, 0.3) is 0 Å². The Morgan fingerprint density at radius 3 is 2.72 bits per heavy atom. The van der Waals surface area contributed by atoms with Crippen molar-refractivity contribution in [3.63, 3.8) is 0 Å². The lowest BCUT2D eigenvalue weighted by atomic mass is 9.94. The van der Waals surface area contributed by atoms with Gasteiger partial charge in [-0.3, -0.25) is 0 Å². The van der Waals surface area contributed by atoms with E-state index in [1.54, 1.807) is 6.92 Å². The van der Waals surface area contributed by atoms with Crippen LogP contribution in [0.3, 0.4) is 0 Å². The molecule has 0 aromatic carbocycles. The lowest BCUT2D eigenvalue weighted by Gasteiger charge is -2.29. The quantitative estimate of drug-likeness (QED) is 0.855. The van der Waals surface area contributed by atoms with E-state index in [0.717, 1.165) is 32.4 Å². The number of anilines is 1. The zero-order chi connectivity index (χ0) is 13.2. The smallest absolute Gasteiger partial charge is 0.318 e. The van der Waals surface area contributed by atoms with E-state index in [1.807, 2.05) is 19.0 Å². The summed E-state index contributed by atoms with van der Waals surface area (Å²) < 4.78 is 5.44. The highest BCUT2D eigenvalue weighted by Gasteiger charge is 2.31. The summed E-state index contributed by atoms with van der Waals surface area (Å²) in [7, 11) is 3.98. The van der Waals surface area contributed by atoms with Crippen molar-refractivity contribution in [3.05, 3.63) is 5.89 Å². The predicted molar refractivity (Wildman–Crippen MR) is 68.6 cm³/mol. The van der Waals surface area contributed by atoms with Gasteiger partial charge in [0.05, 0.1) is 5.60 Å². The van der Waals surface area contributed by atoms with E-state index >= 15 is 0 Å². The second kappa shape index (κ2) is 5.24. The third-order valence-corrected chi connectivity index (χ3v) is 3.31. The highest BCUT2D eigenvalue weighted by molar-refractivity contribution is 5.24. The average molecular weight is 254 g/mol. The van der Waals surface area contributed by atoms with Gasteiger partial charge in [0.1, 0.15) is 0 Å². The molecule has 6 heteroatoms. The van der Waals surface area contributed by atoms with E-state index in [1.165, 1.54) is 0 Å². The molecule has 0 aliphatic carbocycles. The van der Waals surface area contributed by atoms with Crippen LogP contribution in [0, 0.1) is 6.92 Å². The molecule has 0 unspecified atom stereocenters. The second-order valence-electron chi connectivity index (χ2n) is 5.41. The molecule has 0 saturated carbocycles. The Morgan fingerprint density at radius 1 is 1.33 bits per heavy atom. The van der Waals surface area contributed by atoms with Crippen LogP contribution in [0.15, 0.2) is 4.42 Å². The minimum Gasteiger partial charge on any atom is -0.408 e. The van der Waals surface area contributed by atoms with Crippen LogP contribution in [-0.2, 0) is 0 Å². The van der Waals surface area contributed by atoms with E-state index in [-0.39, 0.29) is 0 Å². The first-order valence-corrected chi connectivity index (χ1v) is 6.41. The number of aryl methyl sites for hydroxylation is 1. The second-order valence-corrected chi connectivity index (χ2v) is 5.41. The Hall–Kier alpha value is -1.14. The summed E-state index contributed by atoms with van der Waals surface area (Å²) in [5.41, 5.74) is -0.604. The van der Waals surface area contributed by atoms with Crippen LogP contribution in [0.1, 0.15) is 25.2 Å². The highest BCUT2D eigenvalue weighted by Crippen LogP contribution is 2.25. The van der Waals surface area contributed by atoms with Crippen LogP contribution in [0.5, 0.6) is 0 Å². The molecule has 0 spiro atoms. The molecule has 102 valence electrons. The summed E-state index contributed by atoms with van der Waals surface area (Å²) in [5, 5.41) is 18.4. The fraction of sp³-hybridized carbons (Fsp3) is 0.833. The van der Waals surface area contributed by atoms with Gasteiger partial charge in [0.2, 0.25) is 5.89 Å². The zero-order valence-corrected chi connectivity index (χ0v) is 11.4. The molecule has 1 aromatic rings. The van der Waals surface area contributed by atoms with Gasteiger partial charge in [0.15, 0.2) is 0 Å². The third kappa shape index (κ3) is 3.20. The van der Waals surface area contributed by atoms with Crippen molar-refractivity contribution in [2.45, 2.75) is 31.8 Å². The van der Waals surface area contributed by atoms with Crippen molar-refractivity contribution in [3.8, 4) is 0 Å². The first kappa shape index (κ1) is 13.3. The monoisotopic (exact) mass is 254 g/mol. The van der Waals surface area contributed by atoms with Gasteiger partial charge in [0, 0.05) is 26.6 Å². The van der Waals surface area contributed by atoms with Gasteiger partial charge in [-0.1, -0.05) is 5.10 Å². The maximum absolute atomic E-state index is 10.6. The number of nitrogens with zero attached hydrogens (tertiary/aromatic N) is 4. The summed E-state index contributed by atoms with van der Waals surface area (Å²) in [6, 6.07) is 0.571. The number of likely N-dealkylation sites (N-methyl/N-ethyl adjacent to an activating group) is 1. The van der Waals surface area contributed by atoms with Crippen molar-refractivity contribution in [2.75, 3.05) is 38.6 Å². The molecular weight excluding hydrogens is 232 g/mol. The van der Waals surface area contributed by atoms with Gasteiger partial charge in [-0.2, -0.15) is 0 Å². The van der Waals surface area contributed by atoms with E-state index in [2.05, 4.69) is 15.1 Å². The Morgan fingerprint density at radius 2 is 2.11 bits per heavy atom. The Kier molecular flexibility index (Phi) is 3.87. The minimum absolute atomic E-state index is 0.571.